The maximum absolute atomic E-state index is 12.3. The standard InChI is InChI=1S/C14H25BrN3O3/c1-13(2)8-10(14(3,4)18(13)21)12(20)17-7-5-6-16-11(19)9-15/h10H,5-9H2,1-4H3,(H,16,19)(H,17,20). The second-order valence-corrected chi connectivity index (χ2v) is 7.21. The second kappa shape index (κ2) is 7.07. The van der Waals surface area contributed by atoms with Crippen molar-refractivity contribution in [2.45, 2.75) is 51.6 Å². The number of alkyl halides is 1. The van der Waals surface area contributed by atoms with Gasteiger partial charge in [-0.25, -0.2) is 0 Å². The first-order valence-electron chi connectivity index (χ1n) is 7.21. The number of carbonyl (C=O) groups is 2. The number of nitrogens with zero attached hydrogens (tertiary/aromatic N) is 1. The van der Waals surface area contributed by atoms with E-state index in [1.54, 1.807) is 0 Å². The fourth-order valence-electron chi connectivity index (χ4n) is 2.87. The van der Waals surface area contributed by atoms with Gasteiger partial charge in [-0.15, -0.1) is 10.3 Å². The van der Waals surface area contributed by atoms with E-state index in [4.69, 9.17) is 0 Å². The summed E-state index contributed by atoms with van der Waals surface area (Å²) in [6.45, 7) is 8.38. The van der Waals surface area contributed by atoms with E-state index in [9.17, 15) is 14.8 Å². The number of carbonyl (C=O) groups excluding carboxylic acids is 2. The minimum Gasteiger partial charge on any atom is -0.356 e. The summed E-state index contributed by atoms with van der Waals surface area (Å²) in [7, 11) is 0. The van der Waals surface area contributed by atoms with Gasteiger partial charge in [-0.1, -0.05) is 15.9 Å². The Hall–Kier alpha value is -0.660. The first kappa shape index (κ1) is 18.4. The third-order valence-electron chi connectivity index (χ3n) is 4.04. The molecule has 1 fully saturated rings. The number of amides is 2. The zero-order valence-electron chi connectivity index (χ0n) is 13.2. The molecule has 1 atom stereocenters. The third-order valence-corrected chi connectivity index (χ3v) is 4.55. The van der Waals surface area contributed by atoms with E-state index in [0.29, 0.717) is 25.9 Å². The number of hydroxylamine groups is 2. The molecule has 1 saturated heterocycles. The van der Waals surface area contributed by atoms with Crippen molar-refractivity contribution in [2.24, 2.45) is 5.92 Å². The second-order valence-electron chi connectivity index (χ2n) is 6.65. The van der Waals surface area contributed by atoms with Crippen molar-refractivity contribution >= 4 is 27.7 Å². The molecule has 7 heteroatoms. The van der Waals surface area contributed by atoms with Crippen LogP contribution in [0, 0.1) is 5.92 Å². The van der Waals surface area contributed by atoms with Gasteiger partial charge in [0.1, 0.15) is 0 Å². The molecule has 1 radical (unpaired) electrons. The molecule has 1 aliphatic heterocycles. The fraction of sp³-hybridized carbons (Fsp3) is 0.857. The minimum absolute atomic E-state index is 0.0676. The molecule has 2 amide bonds. The first-order valence-corrected chi connectivity index (χ1v) is 8.33. The van der Waals surface area contributed by atoms with Crippen LogP contribution in [0.25, 0.3) is 0 Å². The number of hydrogen-bond donors (Lipinski definition) is 2. The highest BCUT2D eigenvalue weighted by molar-refractivity contribution is 9.09. The molecule has 0 saturated carbocycles. The fourth-order valence-corrected chi connectivity index (χ4v) is 3.06. The molecule has 0 aromatic carbocycles. The molecule has 0 aromatic rings. The van der Waals surface area contributed by atoms with Gasteiger partial charge in [0.2, 0.25) is 11.8 Å². The number of halogens is 1. The maximum Gasteiger partial charge on any atom is 0.230 e. The lowest BCUT2D eigenvalue weighted by molar-refractivity contribution is -0.247. The average Bonchev–Trinajstić information content (AvgIpc) is 2.58. The Morgan fingerprint density at radius 1 is 1.19 bits per heavy atom. The average molecular weight is 363 g/mol. The predicted octanol–water partition coefficient (Wildman–Crippen LogP) is 1.23. The Labute approximate surface area is 134 Å². The van der Waals surface area contributed by atoms with Crippen molar-refractivity contribution in [3.63, 3.8) is 0 Å². The summed E-state index contributed by atoms with van der Waals surface area (Å²) in [5.74, 6) is -0.470. The van der Waals surface area contributed by atoms with E-state index in [-0.39, 0.29) is 23.1 Å². The van der Waals surface area contributed by atoms with E-state index in [2.05, 4.69) is 26.6 Å². The SMILES string of the molecule is CC1(C)CC(C(=O)NCCCNC(=O)CBr)C(C)(C)N1[O]. The van der Waals surface area contributed by atoms with Crippen LogP contribution in [0.5, 0.6) is 0 Å². The van der Waals surface area contributed by atoms with Gasteiger partial charge in [-0.05, 0) is 40.5 Å². The van der Waals surface area contributed by atoms with E-state index in [1.807, 2.05) is 27.7 Å². The summed E-state index contributed by atoms with van der Waals surface area (Å²) >= 11 is 3.06. The van der Waals surface area contributed by atoms with Crippen LogP contribution in [0.1, 0.15) is 40.5 Å². The third kappa shape index (κ3) is 4.40. The first-order chi connectivity index (χ1) is 9.63. The van der Waals surface area contributed by atoms with Gasteiger partial charge < -0.3 is 10.6 Å². The van der Waals surface area contributed by atoms with Crippen LogP contribution in [0.4, 0.5) is 0 Å². The molecule has 0 aromatic heterocycles. The Balaban J connectivity index is 2.41. The largest absolute Gasteiger partial charge is 0.356 e. The number of nitrogens with one attached hydrogen (secondary N) is 2. The molecule has 0 spiro atoms. The van der Waals surface area contributed by atoms with Gasteiger partial charge >= 0.3 is 0 Å². The van der Waals surface area contributed by atoms with Crippen molar-refractivity contribution in [3.8, 4) is 0 Å². The topological polar surface area (TPSA) is 81.3 Å². The van der Waals surface area contributed by atoms with Gasteiger partial charge in [0, 0.05) is 18.6 Å². The van der Waals surface area contributed by atoms with Gasteiger partial charge in [0.15, 0.2) is 0 Å². The Morgan fingerprint density at radius 2 is 1.76 bits per heavy atom. The number of rotatable bonds is 6. The monoisotopic (exact) mass is 362 g/mol. The van der Waals surface area contributed by atoms with Crippen molar-refractivity contribution in [2.75, 3.05) is 18.4 Å². The molecule has 0 bridgehead atoms. The van der Waals surface area contributed by atoms with Crippen molar-refractivity contribution in [1.29, 1.82) is 0 Å². The molecular formula is C14H25BrN3O3. The van der Waals surface area contributed by atoms with E-state index in [0.717, 1.165) is 5.06 Å². The molecule has 1 rings (SSSR count). The highest BCUT2D eigenvalue weighted by Gasteiger charge is 2.55. The summed E-state index contributed by atoms with van der Waals surface area (Å²) in [5.41, 5.74) is -1.22. The highest BCUT2D eigenvalue weighted by atomic mass is 79.9. The van der Waals surface area contributed by atoms with Crippen LogP contribution in [-0.2, 0) is 14.8 Å². The molecule has 1 unspecified atom stereocenters. The van der Waals surface area contributed by atoms with Crippen molar-refractivity contribution < 1.29 is 14.8 Å². The van der Waals surface area contributed by atoms with E-state index >= 15 is 0 Å². The normalized spacial score (nSPS) is 23.8. The summed E-state index contributed by atoms with van der Waals surface area (Å²) in [4.78, 5) is 23.3. The quantitative estimate of drug-likeness (QED) is 0.550. The summed E-state index contributed by atoms with van der Waals surface area (Å²) in [6.07, 6.45) is 1.22. The molecule has 0 aliphatic carbocycles. The molecule has 21 heavy (non-hydrogen) atoms. The Kier molecular flexibility index (Phi) is 6.19. The molecular weight excluding hydrogens is 338 g/mol. The predicted molar refractivity (Wildman–Crippen MR) is 83.2 cm³/mol. The van der Waals surface area contributed by atoms with Crippen LogP contribution in [0.15, 0.2) is 0 Å². The van der Waals surface area contributed by atoms with Gasteiger partial charge in [-0.2, -0.15) is 0 Å². The Morgan fingerprint density at radius 3 is 2.24 bits per heavy atom. The van der Waals surface area contributed by atoms with Crippen LogP contribution in [-0.4, -0.2) is 46.4 Å². The van der Waals surface area contributed by atoms with Gasteiger partial charge in [0.05, 0.1) is 16.8 Å². The van der Waals surface area contributed by atoms with E-state index < -0.39 is 11.1 Å². The van der Waals surface area contributed by atoms with Crippen LogP contribution < -0.4 is 10.6 Å². The summed E-state index contributed by atoms with van der Waals surface area (Å²) < 4.78 is 0. The van der Waals surface area contributed by atoms with Crippen molar-refractivity contribution in [1.82, 2.24) is 15.7 Å². The molecule has 121 valence electrons. The van der Waals surface area contributed by atoms with Gasteiger partial charge in [-0.3, -0.25) is 9.59 Å². The highest BCUT2D eigenvalue weighted by Crippen LogP contribution is 2.43. The minimum atomic E-state index is -0.697. The van der Waals surface area contributed by atoms with E-state index in [1.165, 1.54) is 0 Å². The lowest BCUT2D eigenvalue weighted by Gasteiger charge is -2.33. The zero-order valence-corrected chi connectivity index (χ0v) is 14.7. The maximum atomic E-state index is 12.3. The smallest absolute Gasteiger partial charge is 0.230 e. The molecule has 1 aliphatic rings. The van der Waals surface area contributed by atoms with Gasteiger partial charge in [0.25, 0.3) is 0 Å². The lowest BCUT2D eigenvalue weighted by Crippen LogP contribution is -2.49. The van der Waals surface area contributed by atoms with Crippen LogP contribution in [0.2, 0.25) is 0 Å². The van der Waals surface area contributed by atoms with Crippen molar-refractivity contribution in [3.05, 3.63) is 0 Å². The van der Waals surface area contributed by atoms with Crippen LogP contribution in [0.3, 0.4) is 0 Å². The lowest BCUT2D eigenvalue weighted by atomic mass is 9.86. The zero-order chi connectivity index (χ0) is 16.3. The molecule has 6 nitrogen and oxygen atoms in total. The number of hydrogen-bond acceptors (Lipinski definition) is 3. The molecule has 2 N–H and O–H groups in total. The summed E-state index contributed by atoms with van der Waals surface area (Å²) in [6, 6.07) is 0. The Bertz CT molecular complexity index is 399. The summed E-state index contributed by atoms with van der Waals surface area (Å²) in [5, 5.41) is 19.1. The van der Waals surface area contributed by atoms with Crippen LogP contribution >= 0.6 is 15.9 Å². The molecule has 1 heterocycles.